The molecule has 0 radical (unpaired) electrons. The lowest BCUT2D eigenvalue weighted by molar-refractivity contribution is 0.0782. The highest BCUT2D eigenvalue weighted by atomic mass is 127. The van der Waals surface area contributed by atoms with Crippen LogP contribution in [0.25, 0.3) is 0 Å². The molecule has 1 heterocycles. The molecule has 0 saturated carbocycles. The van der Waals surface area contributed by atoms with Crippen molar-refractivity contribution < 1.29 is 13.9 Å². The molecule has 0 amide bonds. The van der Waals surface area contributed by atoms with Gasteiger partial charge >= 0.3 is 0 Å². The van der Waals surface area contributed by atoms with Gasteiger partial charge in [0.1, 0.15) is 6.10 Å². The maximum atomic E-state index is 13.8. The van der Waals surface area contributed by atoms with E-state index in [1.807, 2.05) is 18.7 Å². The summed E-state index contributed by atoms with van der Waals surface area (Å²) in [6.45, 7) is 5.03. The molecule has 0 aliphatic carbocycles. The summed E-state index contributed by atoms with van der Waals surface area (Å²) in [6.07, 6.45) is 4.85. The number of thioether (sulfide) groups is 1. The Hall–Kier alpha value is -0.740. The Kier molecular flexibility index (Phi) is 11.4. The summed E-state index contributed by atoms with van der Waals surface area (Å²) in [4.78, 5) is 4.29. The maximum Gasteiger partial charge on any atom is 0.191 e. The summed E-state index contributed by atoms with van der Waals surface area (Å²) in [5, 5.41) is 6.71. The highest BCUT2D eigenvalue weighted by Gasteiger charge is 2.31. The van der Waals surface area contributed by atoms with E-state index in [2.05, 4.69) is 21.9 Å². The van der Waals surface area contributed by atoms with Crippen molar-refractivity contribution >= 4 is 41.7 Å². The topological polar surface area (TPSA) is 54.9 Å². The molecule has 1 unspecified atom stereocenters. The number of aliphatic imine (C=N–C) groups is 1. The average Bonchev–Trinajstić information content (AvgIpc) is 2.69. The van der Waals surface area contributed by atoms with Crippen molar-refractivity contribution in [3.8, 4) is 5.75 Å². The second-order valence-electron chi connectivity index (χ2n) is 6.38. The Morgan fingerprint density at radius 2 is 2.04 bits per heavy atom. The van der Waals surface area contributed by atoms with Crippen LogP contribution in [-0.2, 0) is 4.74 Å². The van der Waals surface area contributed by atoms with Crippen LogP contribution in [0.5, 0.6) is 5.75 Å². The number of nitrogens with one attached hydrogen (secondary N) is 2. The molecule has 1 fully saturated rings. The Morgan fingerprint density at radius 1 is 1.33 bits per heavy atom. The Bertz CT molecular complexity index is 586. The van der Waals surface area contributed by atoms with E-state index in [0.29, 0.717) is 6.54 Å². The fourth-order valence-electron chi connectivity index (χ4n) is 2.86. The molecular weight excluding hydrogens is 480 g/mol. The van der Waals surface area contributed by atoms with Crippen LogP contribution >= 0.6 is 35.7 Å². The molecule has 27 heavy (non-hydrogen) atoms. The van der Waals surface area contributed by atoms with Gasteiger partial charge in [-0.3, -0.25) is 4.99 Å². The fourth-order valence-corrected chi connectivity index (χ4v) is 3.65. The molecule has 0 aromatic heterocycles. The van der Waals surface area contributed by atoms with E-state index >= 15 is 0 Å². The monoisotopic (exact) mass is 511 g/mol. The predicted molar refractivity (Wildman–Crippen MR) is 122 cm³/mol. The van der Waals surface area contributed by atoms with E-state index in [-0.39, 0.29) is 46.4 Å². The first-order chi connectivity index (χ1) is 12.6. The van der Waals surface area contributed by atoms with E-state index in [1.54, 1.807) is 25.2 Å². The Morgan fingerprint density at radius 3 is 2.63 bits per heavy atom. The fraction of sp³-hybridized carbons (Fsp3) is 0.632. The van der Waals surface area contributed by atoms with Gasteiger partial charge in [-0.2, -0.15) is 11.8 Å². The Balaban J connectivity index is 0.00000364. The van der Waals surface area contributed by atoms with Crippen molar-refractivity contribution in [2.45, 2.75) is 37.0 Å². The van der Waals surface area contributed by atoms with Crippen LogP contribution < -0.4 is 15.4 Å². The third-order valence-corrected chi connectivity index (χ3v) is 6.14. The van der Waals surface area contributed by atoms with E-state index in [1.165, 1.54) is 6.07 Å². The van der Waals surface area contributed by atoms with E-state index in [4.69, 9.17) is 9.47 Å². The summed E-state index contributed by atoms with van der Waals surface area (Å²) in [6, 6.07) is 6.49. The molecule has 1 aliphatic heterocycles. The summed E-state index contributed by atoms with van der Waals surface area (Å²) in [5.74, 6) is 0.683. The summed E-state index contributed by atoms with van der Waals surface area (Å²) < 4.78 is 25.2. The van der Waals surface area contributed by atoms with Gasteiger partial charge in [0.15, 0.2) is 17.5 Å². The van der Waals surface area contributed by atoms with Crippen molar-refractivity contribution in [3.63, 3.8) is 0 Å². The molecule has 8 heteroatoms. The molecule has 1 saturated heterocycles. The third-order valence-electron chi connectivity index (χ3n) is 4.72. The van der Waals surface area contributed by atoms with Crippen LogP contribution in [0.3, 0.4) is 0 Å². The minimum atomic E-state index is -0.338. The molecule has 2 rings (SSSR count). The summed E-state index contributed by atoms with van der Waals surface area (Å²) in [5.41, 5.74) is 0. The Labute approximate surface area is 183 Å². The van der Waals surface area contributed by atoms with Crippen molar-refractivity contribution in [1.29, 1.82) is 0 Å². The predicted octanol–water partition coefficient (Wildman–Crippen LogP) is 3.68. The van der Waals surface area contributed by atoms with Crippen LogP contribution in [0.4, 0.5) is 4.39 Å². The van der Waals surface area contributed by atoms with Gasteiger partial charge in [-0.25, -0.2) is 4.39 Å². The van der Waals surface area contributed by atoms with Crippen molar-refractivity contribution in [1.82, 2.24) is 10.6 Å². The zero-order chi connectivity index (χ0) is 18.8. The lowest BCUT2D eigenvalue weighted by atomic mass is 9.99. The van der Waals surface area contributed by atoms with Gasteiger partial charge in [-0.05, 0) is 37.7 Å². The number of nitrogens with zero attached hydrogens (tertiary/aromatic N) is 1. The SMILES string of the molecule is CCC(CNC(=NC)NCC1(SC)CCOCC1)Oc1ccccc1F.I. The largest absolute Gasteiger partial charge is 0.486 e. The normalized spacial score (nSPS) is 17.6. The highest BCUT2D eigenvalue weighted by molar-refractivity contribution is 14.0. The lowest BCUT2D eigenvalue weighted by Gasteiger charge is -2.36. The lowest BCUT2D eigenvalue weighted by Crippen LogP contribution is -2.49. The summed E-state index contributed by atoms with van der Waals surface area (Å²) >= 11 is 1.89. The third kappa shape index (κ3) is 7.65. The number of rotatable bonds is 8. The number of ether oxygens (including phenoxy) is 2. The van der Waals surface area contributed by atoms with Crippen LogP contribution in [0.15, 0.2) is 29.3 Å². The van der Waals surface area contributed by atoms with E-state index < -0.39 is 0 Å². The van der Waals surface area contributed by atoms with Crippen molar-refractivity contribution in [3.05, 3.63) is 30.1 Å². The number of benzene rings is 1. The molecule has 1 atom stereocenters. The summed E-state index contributed by atoms with van der Waals surface area (Å²) in [7, 11) is 1.75. The molecule has 0 bridgehead atoms. The molecule has 5 nitrogen and oxygen atoms in total. The zero-order valence-electron chi connectivity index (χ0n) is 16.3. The molecule has 2 N–H and O–H groups in total. The van der Waals surface area contributed by atoms with Gasteiger partial charge in [0.2, 0.25) is 0 Å². The first-order valence-corrected chi connectivity index (χ1v) is 10.3. The molecule has 1 aromatic rings. The van der Waals surface area contributed by atoms with Gasteiger partial charge in [0, 0.05) is 31.6 Å². The van der Waals surface area contributed by atoms with Gasteiger partial charge in [0.05, 0.1) is 6.54 Å². The zero-order valence-corrected chi connectivity index (χ0v) is 19.4. The minimum Gasteiger partial charge on any atom is -0.486 e. The average molecular weight is 511 g/mol. The molecule has 1 aliphatic rings. The molecule has 0 spiro atoms. The first-order valence-electron chi connectivity index (χ1n) is 9.11. The number of halogens is 2. The maximum absolute atomic E-state index is 13.8. The van der Waals surface area contributed by atoms with Crippen LogP contribution in [-0.4, -0.2) is 56.4 Å². The van der Waals surface area contributed by atoms with Gasteiger partial charge in [-0.15, -0.1) is 24.0 Å². The van der Waals surface area contributed by atoms with E-state index in [9.17, 15) is 4.39 Å². The first kappa shape index (κ1) is 24.3. The van der Waals surface area contributed by atoms with Gasteiger partial charge < -0.3 is 20.1 Å². The number of para-hydroxylation sites is 1. The number of hydrogen-bond donors (Lipinski definition) is 2. The standard InChI is InChI=1S/C19H30FN3O2S.HI/c1-4-15(25-17-8-6-5-7-16(17)20)13-22-18(21-2)23-14-19(26-3)9-11-24-12-10-19;/h5-8,15H,4,9-14H2,1-3H3,(H2,21,22,23);1H. The second kappa shape index (κ2) is 12.7. The highest BCUT2D eigenvalue weighted by Crippen LogP contribution is 2.32. The van der Waals surface area contributed by atoms with Gasteiger partial charge in [-0.1, -0.05) is 19.1 Å². The molecule has 1 aromatic carbocycles. The smallest absolute Gasteiger partial charge is 0.191 e. The molecule has 154 valence electrons. The van der Waals surface area contributed by atoms with E-state index in [0.717, 1.165) is 45.0 Å². The van der Waals surface area contributed by atoms with Gasteiger partial charge in [0.25, 0.3) is 0 Å². The number of guanidine groups is 1. The molecular formula is C19H31FIN3O2S. The van der Waals surface area contributed by atoms with Crippen molar-refractivity contribution in [2.75, 3.05) is 39.6 Å². The second-order valence-corrected chi connectivity index (χ2v) is 7.66. The van der Waals surface area contributed by atoms with Crippen molar-refractivity contribution in [2.24, 2.45) is 4.99 Å². The van der Waals surface area contributed by atoms with Crippen LogP contribution in [0.2, 0.25) is 0 Å². The quantitative estimate of drug-likeness (QED) is 0.317. The number of hydrogen-bond acceptors (Lipinski definition) is 4. The van der Waals surface area contributed by atoms with Crippen LogP contribution in [0, 0.1) is 5.82 Å². The minimum absolute atomic E-state index is 0. The van der Waals surface area contributed by atoms with Crippen LogP contribution in [0.1, 0.15) is 26.2 Å².